The Kier molecular flexibility index (Phi) is 15.3. The van der Waals surface area contributed by atoms with Crippen molar-refractivity contribution in [1.29, 1.82) is 0 Å². The third kappa shape index (κ3) is 14.6. The van der Waals surface area contributed by atoms with Gasteiger partial charge in [-0.15, -0.1) is 0 Å². The summed E-state index contributed by atoms with van der Waals surface area (Å²) in [6, 6.07) is 0. The SMILES string of the molecule is CCCCCCCCCCN1CCCC(CCCC)C1.O=S(=O)(O)C(F)(F)F. The van der Waals surface area contributed by atoms with Gasteiger partial charge in [-0.05, 0) is 44.7 Å². The minimum absolute atomic E-state index is 1.01. The van der Waals surface area contributed by atoms with Crippen LogP contribution in [0.4, 0.5) is 13.2 Å². The van der Waals surface area contributed by atoms with Crippen molar-refractivity contribution in [2.75, 3.05) is 19.6 Å². The van der Waals surface area contributed by atoms with E-state index < -0.39 is 15.6 Å². The maximum Gasteiger partial charge on any atom is 0.522 e. The Bertz CT molecular complexity index is 470. The fourth-order valence-corrected chi connectivity index (χ4v) is 3.55. The van der Waals surface area contributed by atoms with Crippen molar-refractivity contribution in [1.82, 2.24) is 4.90 Å². The van der Waals surface area contributed by atoms with Crippen molar-refractivity contribution >= 4 is 10.1 Å². The van der Waals surface area contributed by atoms with Crippen LogP contribution in [0.3, 0.4) is 0 Å². The summed E-state index contributed by atoms with van der Waals surface area (Å²) < 4.78 is 57.5. The second-order valence-corrected chi connectivity index (χ2v) is 9.26. The number of halogens is 3. The molecule has 4 nitrogen and oxygen atoms in total. The summed E-state index contributed by atoms with van der Waals surface area (Å²) >= 11 is 0. The molecule has 0 bridgehead atoms. The van der Waals surface area contributed by atoms with E-state index in [1.807, 2.05) is 0 Å². The molecule has 1 saturated heterocycles. The average Bonchev–Trinajstić information content (AvgIpc) is 2.61. The van der Waals surface area contributed by atoms with Crippen LogP contribution < -0.4 is 0 Å². The summed E-state index contributed by atoms with van der Waals surface area (Å²) in [5.74, 6) is 1.01. The molecule has 8 heteroatoms. The Labute approximate surface area is 170 Å². The highest BCUT2D eigenvalue weighted by Crippen LogP contribution is 2.22. The van der Waals surface area contributed by atoms with Gasteiger partial charge in [0, 0.05) is 6.54 Å². The van der Waals surface area contributed by atoms with E-state index in [9.17, 15) is 13.2 Å². The van der Waals surface area contributed by atoms with Crippen LogP contribution >= 0.6 is 0 Å². The predicted molar refractivity (Wildman–Crippen MR) is 109 cm³/mol. The van der Waals surface area contributed by atoms with Gasteiger partial charge in [0.25, 0.3) is 0 Å². The zero-order chi connectivity index (χ0) is 21.5. The topological polar surface area (TPSA) is 57.6 Å². The number of piperidine rings is 1. The number of likely N-dealkylation sites (tertiary alicyclic amines) is 1. The molecule has 0 radical (unpaired) electrons. The first-order valence-corrected chi connectivity index (χ1v) is 12.3. The Morgan fingerprint density at radius 3 is 1.93 bits per heavy atom. The quantitative estimate of drug-likeness (QED) is 0.220. The van der Waals surface area contributed by atoms with Crippen molar-refractivity contribution in [3.8, 4) is 0 Å². The lowest BCUT2D eigenvalue weighted by atomic mass is 9.92. The molecule has 170 valence electrons. The first-order chi connectivity index (χ1) is 13.1. The number of unbranched alkanes of at least 4 members (excludes halogenated alkanes) is 8. The van der Waals surface area contributed by atoms with Crippen molar-refractivity contribution in [3.05, 3.63) is 0 Å². The van der Waals surface area contributed by atoms with Crippen molar-refractivity contribution in [3.63, 3.8) is 0 Å². The number of hydrogen-bond donors (Lipinski definition) is 1. The summed E-state index contributed by atoms with van der Waals surface area (Å²) in [6.07, 6.45) is 18.8. The van der Waals surface area contributed by atoms with Crippen molar-refractivity contribution in [2.45, 2.75) is 103 Å². The molecule has 0 aliphatic carbocycles. The molecule has 0 spiro atoms. The first kappa shape index (κ1) is 27.7. The second kappa shape index (κ2) is 15.5. The number of nitrogens with zero attached hydrogens (tertiary/aromatic N) is 1. The van der Waals surface area contributed by atoms with Gasteiger partial charge in [-0.2, -0.15) is 21.6 Å². The maximum atomic E-state index is 10.7. The summed E-state index contributed by atoms with van der Waals surface area (Å²) in [5.41, 5.74) is -5.53. The van der Waals surface area contributed by atoms with Crippen LogP contribution in [0.5, 0.6) is 0 Å². The van der Waals surface area contributed by atoms with Crippen LogP contribution in [0.2, 0.25) is 0 Å². The smallest absolute Gasteiger partial charge is 0.303 e. The Morgan fingerprint density at radius 2 is 1.43 bits per heavy atom. The molecule has 1 N–H and O–H groups in total. The molecular formula is C20H40F3NO3S. The summed E-state index contributed by atoms with van der Waals surface area (Å²) in [4.78, 5) is 2.75. The molecule has 28 heavy (non-hydrogen) atoms. The third-order valence-electron chi connectivity index (χ3n) is 5.19. The molecule has 0 saturated carbocycles. The normalized spacial score (nSPS) is 18.6. The van der Waals surface area contributed by atoms with Crippen LogP contribution in [0, 0.1) is 5.92 Å². The van der Waals surface area contributed by atoms with Gasteiger partial charge in [0.05, 0.1) is 0 Å². The van der Waals surface area contributed by atoms with Crippen LogP contribution in [0.15, 0.2) is 0 Å². The highest BCUT2D eigenvalue weighted by Gasteiger charge is 2.44. The first-order valence-electron chi connectivity index (χ1n) is 10.9. The summed E-state index contributed by atoms with van der Waals surface area (Å²) in [5, 5.41) is 0. The summed E-state index contributed by atoms with van der Waals surface area (Å²) in [7, 11) is -5.84. The van der Waals surface area contributed by atoms with E-state index in [2.05, 4.69) is 18.7 Å². The lowest BCUT2D eigenvalue weighted by Gasteiger charge is -2.32. The molecule has 0 aromatic carbocycles. The van der Waals surface area contributed by atoms with Crippen LogP contribution in [-0.2, 0) is 10.1 Å². The lowest BCUT2D eigenvalue weighted by molar-refractivity contribution is -0.0510. The molecule has 1 aliphatic heterocycles. The number of hydrogen-bond acceptors (Lipinski definition) is 3. The average molecular weight is 432 g/mol. The van der Waals surface area contributed by atoms with E-state index in [-0.39, 0.29) is 0 Å². The Morgan fingerprint density at radius 1 is 0.929 bits per heavy atom. The van der Waals surface area contributed by atoms with Gasteiger partial charge >= 0.3 is 15.6 Å². The fraction of sp³-hybridized carbons (Fsp3) is 1.00. The van der Waals surface area contributed by atoms with Gasteiger partial charge in [0.15, 0.2) is 0 Å². The minimum atomic E-state index is -5.84. The van der Waals surface area contributed by atoms with Gasteiger partial charge in [-0.25, -0.2) is 0 Å². The van der Waals surface area contributed by atoms with E-state index >= 15 is 0 Å². The lowest BCUT2D eigenvalue weighted by Crippen LogP contribution is -2.36. The van der Waals surface area contributed by atoms with Crippen LogP contribution in [-0.4, -0.2) is 43.0 Å². The molecular weight excluding hydrogens is 391 g/mol. The zero-order valence-corrected chi connectivity index (χ0v) is 18.5. The standard InChI is InChI=1S/C19H39N.CHF3O3S/c1-3-5-7-8-9-10-11-12-16-20-17-13-15-19(18-20)14-6-4-2;2-1(3,4)8(5,6)7/h19H,3-18H2,1-2H3;(H,5,6,7). The van der Waals surface area contributed by atoms with E-state index in [4.69, 9.17) is 13.0 Å². The zero-order valence-electron chi connectivity index (χ0n) is 17.6. The molecule has 1 unspecified atom stereocenters. The molecule has 1 heterocycles. The second-order valence-electron chi connectivity index (χ2n) is 7.85. The highest BCUT2D eigenvalue weighted by atomic mass is 32.2. The third-order valence-corrected chi connectivity index (χ3v) is 5.77. The molecule has 0 amide bonds. The van der Waals surface area contributed by atoms with E-state index in [0.717, 1.165) is 5.92 Å². The molecule has 1 rings (SSSR count). The predicted octanol–water partition coefficient (Wildman–Crippen LogP) is 6.42. The van der Waals surface area contributed by atoms with E-state index in [1.54, 1.807) is 0 Å². The molecule has 1 atom stereocenters. The monoisotopic (exact) mass is 431 g/mol. The Balaban J connectivity index is 0.000000769. The molecule has 0 aromatic heterocycles. The molecule has 1 aliphatic rings. The minimum Gasteiger partial charge on any atom is -0.303 e. The van der Waals surface area contributed by atoms with Crippen LogP contribution in [0.25, 0.3) is 0 Å². The van der Waals surface area contributed by atoms with Crippen LogP contribution in [0.1, 0.15) is 97.3 Å². The number of rotatable bonds is 12. The summed E-state index contributed by atoms with van der Waals surface area (Å²) in [6.45, 7) is 8.76. The number of alkyl halides is 3. The van der Waals surface area contributed by atoms with E-state index in [0.29, 0.717) is 0 Å². The largest absolute Gasteiger partial charge is 0.522 e. The van der Waals surface area contributed by atoms with E-state index in [1.165, 1.54) is 103 Å². The van der Waals surface area contributed by atoms with Gasteiger partial charge in [-0.3, -0.25) is 4.55 Å². The van der Waals surface area contributed by atoms with Gasteiger partial charge in [0.2, 0.25) is 0 Å². The van der Waals surface area contributed by atoms with Gasteiger partial charge < -0.3 is 4.90 Å². The van der Waals surface area contributed by atoms with Gasteiger partial charge in [-0.1, -0.05) is 71.6 Å². The molecule has 0 aromatic rings. The fourth-order valence-electron chi connectivity index (χ4n) is 3.55. The highest BCUT2D eigenvalue weighted by molar-refractivity contribution is 7.86. The Hall–Kier alpha value is -0.340. The van der Waals surface area contributed by atoms with Gasteiger partial charge in [0.1, 0.15) is 0 Å². The molecule has 1 fully saturated rings. The maximum absolute atomic E-state index is 10.7. The van der Waals surface area contributed by atoms with Crippen molar-refractivity contribution in [2.24, 2.45) is 5.92 Å². The van der Waals surface area contributed by atoms with Crippen molar-refractivity contribution < 1.29 is 26.1 Å².